The third-order valence-electron chi connectivity index (χ3n) is 3.40. The van der Waals surface area contributed by atoms with Gasteiger partial charge in [0.15, 0.2) is 0 Å². The molecule has 1 aliphatic rings. The molecular weight excluding hydrogens is 276 g/mol. The van der Waals surface area contributed by atoms with Crippen molar-refractivity contribution in [1.29, 1.82) is 0 Å². The summed E-state index contributed by atoms with van der Waals surface area (Å²) in [6, 6.07) is 7.24. The Balaban J connectivity index is 1.69. The third kappa shape index (κ3) is 4.53. The molecule has 0 saturated carbocycles. The summed E-state index contributed by atoms with van der Waals surface area (Å²) < 4.78 is 0. The van der Waals surface area contributed by atoms with E-state index in [4.69, 9.17) is 11.6 Å². The molecule has 4 nitrogen and oxygen atoms in total. The fraction of sp³-hybridized carbons (Fsp3) is 0.467. The van der Waals surface area contributed by atoms with E-state index in [9.17, 15) is 9.59 Å². The molecule has 108 valence electrons. The highest BCUT2D eigenvalue weighted by molar-refractivity contribution is 6.30. The Morgan fingerprint density at radius 1 is 1.25 bits per heavy atom. The van der Waals surface area contributed by atoms with E-state index in [1.54, 1.807) is 12.1 Å². The minimum absolute atomic E-state index is 0.0308. The highest BCUT2D eigenvalue weighted by Crippen LogP contribution is 2.10. The zero-order chi connectivity index (χ0) is 14.4. The maximum Gasteiger partial charge on any atom is 0.224 e. The molecule has 0 aromatic heterocycles. The van der Waals surface area contributed by atoms with Crippen LogP contribution in [0.1, 0.15) is 24.8 Å². The van der Waals surface area contributed by atoms with Gasteiger partial charge in [-0.25, -0.2) is 0 Å². The van der Waals surface area contributed by atoms with Gasteiger partial charge in [-0.15, -0.1) is 0 Å². The summed E-state index contributed by atoms with van der Waals surface area (Å²) in [6.45, 7) is 1.93. The third-order valence-corrected chi connectivity index (χ3v) is 3.66. The van der Waals surface area contributed by atoms with Crippen LogP contribution < -0.4 is 5.32 Å². The standard InChI is InChI=1S/C15H19ClN2O2/c16-13-6-4-12(5-7-13)11-14(19)17-8-10-18-9-2-1-3-15(18)20/h4-7H,1-3,8-11H2,(H,17,19). The van der Waals surface area contributed by atoms with Crippen LogP contribution in [0.3, 0.4) is 0 Å². The van der Waals surface area contributed by atoms with Crippen LogP contribution in [0, 0.1) is 0 Å². The summed E-state index contributed by atoms with van der Waals surface area (Å²) in [6.07, 6.45) is 3.02. The SMILES string of the molecule is O=C(Cc1ccc(Cl)cc1)NCCN1CCCCC1=O. The van der Waals surface area contributed by atoms with Crippen molar-refractivity contribution in [2.75, 3.05) is 19.6 Å². The van der Waals surface area contributed by atoms with Gasteiger partial charge < -0.3 is 10.2 Å². The minimum Gasteiger partial charge on any atom is -0.354 e. The molecule has 1 saturated heterocycles. The second kappa shape index (κ2) is 7.29. The number of carbonyl (C=O) groups excluding carboxylic acids is 2. The first-order valence-corrected chi connectivity index (χ1v) is 7.32. The lowest BCUT2D eigenvalue weighted by Crippen LogP contribution is -2.41. The van der Waals surface area contributed by atoms with Gasteiger partial charge in [-0.1, -0.05) is 23.7 Å². The van der Waals surface area contributed by atoms with Gasteiger partial charge in [0.05, 0.1) is 6.42 Å². The van der Waals surface area contributed by atoms with Crippen LogP contribution in [-0.4, -0.2) is 36.3 Å². The fourth-order valence-electron chi connectivity index (χ4n) is 2.28. The summed E-state index contributed by atoms with van der Waals surface area (Å²) in [4.78, 5) is 25.2. The van der Waals surface area contributed by atoms with Gasteiger partial charge in [0, 0.05) is 31.1 Å². The number of hydrogen-bond acceptors (Lipinski definition) is 2. The highest BCUT2D eigenvalue weighted by Gasteiger charge is 2.17. The van der Waals surface area contributed by atoms with Gasteiger partial charge in [-0.2, -0.15) is 0 Å². The number of nitrogens with zero attached hydrogens (tertiary/aromatic N) is 1. The van der Waals surface area contributed by atoms with E-state index in [1.165, 1.54) is 0 Å². The monoisotopic (exact) mass is 294 g/mol. The van der Waals surface area contributed by atoms with Crippen LogP contribution in [0.5, 0.6) is 0 Å². The van der Waals surface area contributed by atoms with Gasteiger partial charge in [0.2, 0.25) is 11.8 Å². The molecule has 5 heteroatoms. The predicted octanol–water partition coefficient (Wildman–Crippen LogP) is 2.01. The number of likely N-dealkylation sites (tertiary alicyclic amines) is 1. The second-order valence-electron chi connectivity index (χ2n) is 4.99. The summed E-state index contributed by atoms with van der Waals surface area (Å²) in [5, 5.41) is 3.51. The normalized spacial score (nSPS) is 15.2. The van der Waals surface area contributed by atoms with Gasteiger partial charge >= 0.3 is 0 Å². The van der Waals surface area contributed by atoms with Crippen molar-refractivity contribution in [3.05, 3.63) is 34.9 Å². The van der Waals surface area contributed by atoms with E-state index < -0.39 is 0 Å². The van der Waals surface area contributed by atoms with Crippen molar-refractivity contribution in [3.8, 4) is 0 Å². The number of nitrogens with one attached hydrogen (secondary N) is 1. The largest absolute Gasteiger partial charge is 0.354 e. The van der Waals surface area contributed by atoms with Crippen LogP contribution in [0.15, 0.2) is 24.3 Å². The van der Waals surface area contributed by atoms with Crippen LogP contribution in [-0.2, 0) is 16.0 Å². The minimum atomic E-state index is -0.0308. The van der Waals surface area contributed by atoms with Gasteiger partial charge in [0.1, 0.15) is 0 Å². The molecule has 1 N–H and O–H groups in total. The highest BCUT2D eigenvalue weighted by atomic mass is 35.5. The summed E-state index contributed by atoms with van der Waals surface area (Å²) in [5.41, 5.74) is 0.931. The predicted molar refractivity (Wildman–Crippen MR) is 78.6 cm³/mol. The van der Waals surface area contributed by atoms with Crippen molar-refractivity contribution < 1.29 is 9.59 Å². The molecule has 0 spiro atoms. The summed E-state index contributed by atoms with van der Waals surface area (Å²) in [7, 11) is 0. The summed E-state index contributed by atoms with van der Waals surface area (Å²) >= 11 is 5.79. The Labute approximate surface area is 124 Å². The Kier molecular flexibility index (Phi) is 5.41. The lowest BCUT2D eigenvalue weighted by atomic mass is 10.1. The second-order valence-corrected chi connectivity index (χ2v) is 5.43. The maximum absolute atomic E-state index is 11.8. The van der Waals surface area contributed by atoms with E-state index in [0.29, 0.717) is 31.0 Å². The zero-order valence-corrected chi connectivity index (χ0v) is 12.2. The van der Waals surface area contributed by atoms with Crippen LogP contribution in [0.4, 0.5) is 0 Å². The van der Waals surface area contributed by atoms with Gasteiger partial charge in [-0.3, -0.25) is 9.59 Å². The Morgan fingerprint density at radius 3 is 2.70 bits per heavy atom. The number of piperidine rings is 1. The Morgan fingerprint density at radius 2 is 2.00 bits per heavy atom. The lowest BCUT2D eigenvalue weighted by molar-refractivity contribution is -0.133. The molecule has 1 fully saturated rings. The number of benzene rings is 1. The van der Waals surface area contributed by atoms with E-state index in [0.717, 1.165) is 24.9 Å². The zero-order valence-electron chi connectivity index (χ0n) is 11.4. The average Bonchev–Trinajstić information content (AvgIpc) is 2.43. The smallest absolute Gasteiger partial charge is 0.224 e. The van der Waals surface area contributed by atoms with Gasteiger partial charge in [0.25, 0.3) is 0 Å². The topological polar surface area (TPSA) is 49.4 Å². The molecule has 1 aliphatic heterocycles. The van der Waals surface area contributed by atoms with Crippen molar-refractivity contribution in [2.45, 2.75) is 25.7 Å². The first kappa shape index (κ1) is 14.9. The molecule has 0 unspecified atom stereocenters. The fourth-order valence-corrected chi connectivity index (χ4v) is 2.40. The molecule has 2 rings (SSSR count). The molecule has 1 heterocycles. The van der Waals surface area contributed by atoms with E-state index in [1.807, 2.05) is 17.0 Å². The van der Waals surface area contributed by atoms with Crippen LogP contribution >= 0.6 is 11.6 Å². The van der Waals surface area contributed by atoms with Crippen LogP contribution in [0.25, 0.3) is 0 Å². The molecule has 2 amide bonds. The number of rotatable bonds is 5. The van der Waals surface area contributed by atoms with E-state index >= 15 is 0 Å². The Hall–Kier alpha value is -1.55. The number of carbonyl (C=O) groups is 2. The number of hydrogen-bond donors (Lipinski definition) is 1. The summed E-state index contributed by atoms with van der Waals surface area (Å²) in [5.74, 6) is 0.167. The van der Waals surface area contributed by atoms with Crippen molar-refractivity contribution in [2.24, 2.45) is 0 Å². The lowest BCUT2D eigenvalue weighted by Gasteiger charge is -2.26. The molecule has 0 bridgehead atoms. The molecule has 0 atom stereocenters. The van der Waals surface area contributed by atoms with Crippen molar-refractivity contribution in [1.82, 2.24) is 10.2 Å². The van der Waals surface area contributed by atoms with E-state index in [-0.39, 0.29) is 11.8 Å². The number of halogens is 1. The van der Waals surface area contributed by atoms with E-state index in [2.05, 4.69) is 5.32 Å². The molecule has 20 heavy (non-hydrogen) atoms. The average molecular weight is 295 g/mol. The van der Waals surface area contributed by atoms with Crippen molar-refractivity contribution >= 4 is 23.4 Å². The molecule has 1 aromatic carbocycles. The first-order valence-electron chi connectivity index (χ1n) is 6.94. The first-order chi connectivity index (χ1) is 9.65. The quantitative estimate of drug-likeness (QED) is 0.903. The van der Waals surface area contributed by atoms with Crippen LogP contribution in [0.2, 0.25) is 5.02 Å². The molecule has 0 aliphatic carbocycles. The molecular formula is C15H19ClN2O2. The molecule has 0 radical (unpaired) electrons. The van der Waals surface area contributed by atoms with Crippen molar-refractivity contribution in [3.63, 3.8) is 0 Å². The number of amides is 2. The maximum atomic E-state index is 11.8. The van der Waals surface area contributed by atoms with Gasteiger partial charge in [-0.05, 0) is 30.5 Å². The molecule has 1 aromatic rings. The Bertz CT molecular complexity index is 473.